The topological polar surface area (TPSA) is 61.8 Å². The van der Waals surface area contributed by atoms with E-state index in [0.717, 1.165) is 0 Å². The summed E-state index contributed by atoms with van der Waals surface area (Å²) in [6.07, 6.45) is 0.290. The van der Waals surface area contributed by atoms with Crippen LogP contribution in [0.2, 0.25) is 0 Å². The first-order valence-corrected chi connectivity index (χ1v) is 4.53. The number of carbonyl (C=O) groups is 2. The van der Waals surface area contributed by atoms with E-state index in [9.17, 15) is 9.59 Å². The second kappa shape index (κ2) is 4.41. The molecule has 0 saturated carbocycles. The summed E-state index contributed by atoms with van der Waals surface area (Å²) >= 11 is 0. The van der Waals surface area contributed by atoms with Crippen LogP contribution in [0.4, 0.5) is 0 Å². The van der Waals surface area contributed by atoms with Crippen molar-refractivity contribution in [3.63, 3.8) is 0 Å². The van der Waals surface area contributed by atoms with Crippen LogP contribution in [-0.2, 0) is 23.8 Å². The predicted molar refractivity (Wildman–Crippen MR) is 46.3 cm³/mol. The normalized spacial score (nSPS) is 20.1. The van der Waals surface area contributed by atoms with Crippen LogP contribution in [0.25, 0.3) is 0 Å². The van der Waals surface area contributed by atoms with Crippen LogP contribution in [0, 0.1) is 5.41 Å². The Bertz CT molecular complexity index is 219. The largest absolute Gasteiger partial charge is 0.427 e. The van der Waals surface area contributed by atoms with Gasteiger partial charge in [0, 0.05) is 13.2 Å². The first-order valence-electron chi connectivity index (χ1n) is 4.53. The van der Waals surface area contributed by atoms with Crippen molar-refractivity contribution >= 4 is 11.9 Å². The molecule has 14 heavy (non-hydrogen) atoms. The van der Waals surface area contributed by atoms with Gasteiger partial charge in [-0.25, -0.2) is 0 Å². The van der Waals surface area contributed by atoms with Crippen molar-refractivity contribution in [1.29, 1.82) is 0 Å². The number of esters is 2. The maximum atomic E-state index is 11.3. The van der Waals surface area contributed by atoms with Crippen molar-refractivity contribution in [1.82, 2.24) is 0 Å². The molecule has 5 nitrogen and oxygen atoms in total. The van der Waals surface area contributed by atoms with Gasteiger partial charge in [0.25, 0.3) is 0 Å². The van der Waals surface area contributed by atoms with Crippen molar-refractivity contribution in [2.24, 2.45) is 5.41 Å². The Balaban J connectivity index is 2.58. The fraction of sp³-hybridized carbons (Fsp3) is 0.778. The molecule has 1 aliphatic rings. The molecular formula is C9H14O5. The first kappa shape index (κ1) is 11.0. The molecule has 80 valence electrons. The summed E-state index contributed by atoms with van der Waals surface area (Å²) < 4.78 is 14.4. The zero-order valence-corrected chi connectivity index (χ0v) is 8.37. The fourth-order valence-corrected chi connectivity index (χ4v) is 1.16. The van der Waals surface area contributed by atoms with Crippen LogP contribution in [0.1, 0.15) is 20.3 Å². The molecule has 0 aromatic rings. The molecule has 0 amide bonds. The molecule has 1 aliphatic heterocycles. The Morgan fingerprint density at radius 3 is 2.43 bits per heavy atom. The molecule has 1 heterocycles. The highest BCUT2D eigenvalue weighted by Gasteiger charge is 2.46. The molecule has 0 aromatic carbocycles. The summed E-state index contributed by atoms with van der Waals surface area (Å²) in [5.74, 6) is -1.07. The Kier molecular flexibility index (Phi) is 3.46. The number of cyclic esters (lactones) is 2. The van der Waals surface area contributed by atoms with Gasteiger partial charge in [0.15, 0.2) is 5.41 Å². The van der Waals surface area contributed by atoms with Gasteiger partial charge in [0.2, 0.25) is 6.79 Å². The first-order chi connectivity index (χ1) is 6.61. The zero-order valence-electron chi connectivity index (χ0n) is 8.37. The minimum Gasteiger partial charge on any atom is -0.427 e. The van der Waals surface area contributed by atoms with Crippen LogP contribution in [0.15, 0.2) is 0 Å². The molecule has 0 spiro atoms. The maximum absolute atomic E-state index is 11.3. The van der Waals surface area contributed by atoms with Gasteiger partial charge < -0.3 is 14.2 Å². The van der Waals surface area contributed by atoms with Gasteiger partial charge in [0.05, 0.1) is 0 Å². The minimum absolute atomic E-state index is 0.276. The lowest BCUT2D eigenvalue weighted by Crippen LogP contribution is -2.45. The van der Waals surface area contributed by atoms with E-state index in [1.165, 1.54) is 6.92 Å². The third-order valence-corrected chi connectivity index (χ3v) is 2.23. The molecule has 1 fully saturated rings. The van der Waals surface area contributed by atoms with E-state index in [0.29, 0.717) is 19.6 Å². The second-order valence-electron chi connectivity index (χ2n) is 3.26. The monoisotopic (exact) mass is 202 g/mol. The Hall–Kier alpha value is -1.10. The molecule has 0 atom stereocenters. The standard InChI is InChI=1S/C9H14O5/c1-3-12-5-4-9(2)7(10)13-6-14-8(9)11/h3-6H2,1-2H3. The van der Waals surface area contributed by atoms with Crippen molar-refractivity contribution in [2.75, 3.05) is 20.0 Å². The third-order valence-electron chi connectivity index (χ3n) is 2.23. The summed E-state index contributed by atoms with van der Waals surface area (Å²) in [7, 11) is 0. The van der Waals surface area contributed by atoms with E-state index < -0.39 is 17.4 Å². The number of carbonyl (C=O) groups excluding carboxylic acids is 2. The highest BCUT2D eigenvalue weighted by atomic mass is 16.7. The van der Waals surface area contributed by atoms with E-state index in [-0.39, 0.29) is 6.79 Å². The van der Waals surface area contributed by atoms with Crippen molar-refractivity contribution in [3.8, 4) is 0 Å². The molecule has 1 saturated heterocycles. The smallest absolute Gasteiger partial charge is 0.326 e. The third kappa shape index (κ3) is 2.04. The molecule has 0 bridgehead atoms. The number of ether oxygens (including phenoxy) is 3. The van der Waals surface area contributed by atoms with Gasteiger partial charge in [-0.05, 0) is 20.3 Å². The van der Waals surface area contributed by atoms with Crippen molar-refractivity contribution < 1.29 is 23.8 Å². The molecule has 5 heteroatoms. The highest BCUT2D eigenvalue weighted by Crippen LogP contribution is 2.28. The van der Waals surface area contributed by atoms with Gasteiger partial charge in [-0.1, -0.05) is 0 Å². The summed E-state index contributed by atoms with van der Waals surface area (Å²) in [4.78, 5) is 22.7. The summed E-state index contributed by atoms with van der Waals surface area (Å²) in [6, 6.07) is 0. The van der Waals surface area contributed by atoms with Crippen LogP contribution in [0.5, 0.6) is 0 Å². The highest BCUT2D eigenvalue weighted by molar-refractivity contribution is 6.00. The van der Waals surface area contributed by atoms with Gasteiger partial charge >= 0.3 is 11.9 Å². The summed E-state index contributed by atoms with van der Waals surface area (Å²) in [5.41, 5.74) is -1.20. The van der Waals surface area contributed by atoms with E-state index in [2.05, 4.69) is 9.47 Å². The second-order valence-corrected chi connectivity index (χ2v) is 3.26. The van der Waals surface area contributed by atoms with Crippen LogP contribution in [-0.4, -0.2) is 31.9 Å². The molecule has 0 aromatic heterocycles. The lowest BCUT2D eigenvalue weighted by molar-refractivity contribution is -0.201. The van der Waals surface area contributed by atoms with Crippen molar-refractivity contribution in [3.05, 3.63) is 0 Å². The Morgan fingerprint density at radius 2 is 1.93 bits per heavy atom. The molecule has 1 rings (SSSR count). The van der Waals surface area contributed by atoms with Crippen LogP contribution in [0.3, 0.4) is 0 Å². The molecule has 0 N–H and O–H groups in total. The molecule has 0 unspecified atom stereocenters. The molecule has 0 aliphatic carbocycles. The van der Waals surface area contributed by atoms with Crippen LogP contribution < -0.4 is 0 Å². The summed E-state index contributed by atoms with van der Waals surface area (Å²) in [6.45, 7) is 3.98. The zero-order chi connectivity index (χ0) is 10.6. The summed E-state index contributed by atoms with van der Waals surface area (Å²) in [5, 5.41) is 0. The van der Waals surface area contributed by atoms with Crippen molar-refractivity contribution in [2.45, 2.75) is 20.3 Å². The maximum Gasteiger partial charge on any atom is 0.326 e. The van der Waals surface area contributed by atoms with Gasteiger partial charge in [-0.2, -0.15) is 0 Å². The van der Waals surface area contributed by atoms with Gasteiger partial charge in [-0.3, -0.25) is 9.59 Å². The fourth-order valence-electron chi connectivity index (χ4n) is 1.16. The molecule has 0 radical (unpaired) electrons. The quantitative estimate of drug-likeness (QED) is 0.377. The van der Waals surface area contributed by atoms with E-state index in [4.69, 9.17) is 4.74 Å². The predicted octanol–water partition coefficient (Wildman–Crippen LogP) is 0.477. The Morgan fingerprint density at radius 1 is 1.36 bits per heavy atom. The number of hydrogen-bond acceptors (Lipinski definition) is 5. The SMILES string of the molecule is CCOCCC1(C)C(=O)OCOC1=O. The van der Waals surface area contributed by atoms with E-state index >= 15 is 0 Å². The van der Waals surface area contributed by atoms with Gasteiger partial charge in [0.1, 0.15) is 0 Å². The van der Waals surface area contributed by atoms with E-state index in [1.807, 2.05) is 6.92 Å². The van der Waals surface area contributed by atoms with E-state index in [1.54, 1.807) is 0 Å². The molecular weight excluding hydrogens is 188 g/mol. The average molecular weight is 202 g/mol. The number of hydrogen-bond donors (Lipinski definition) is 0. The number of rotatable bonds is 4. The Labute approximate surface area is 82.3 Å². The van der Waals surface area contributed by atoms with Gasteiger partial charge in [-0.15, -0.1) is 0 Å². The lowest BCUT2D eigenvalue weighted by atomic mass is 9.87. The minimum atomic E-state index is -1.20. The average Bonchev–Trinajstić information content (AvgIpc) is 2.15. The van der Waals surface area contributed by atoms with Crippen LogP contribution >= 0.6 is 0 Å². The lowest BCUT2D eigenvalue weighted by Gasteiger charge is -2.28.